The van der Waals surface area contributed by atoms with Crippen molar-refractivity contribution in [1.82, 2.24) is 14.1 Å². The predicted molar refractivity (Wildman–Crippen MR) is 73.6 cm³/mol. The maximum Gasteiger partial charge on any atom is 0.110 e. The summed E-state index contributed by atoms with van der Waals surface area (Å²) in [5.74, 6) is 1.13. The highest BCUT2D eigenvalue weighted by Gasteiger charge is 2.06. The summed E-state index contributed by atoms with van der Waals surface area (Å²) >= 11 is 0. The van der Waals surface area contributed by atoms with Gasteiger partial charge in [0.25, 0.3) is 0 Å². The van der Waals surface area contributed by atoms with Crippen LogP contribution in [0.25, 0.3) is 10.9 Å². The van der Waals surface area contributed by atoms with Gasteiger partial charge in [-0.05, 0) is 24.4 Å². The number of aromatic nitrogens is 3. The zero-order chi connectivity index (χ0) is 12.5. The number of para-hydroxylation sites is 1. The molecule has 92 valence electrons. The van der Waals surface area contributed by atoms with Crippen LogP contribution in [0.5, 0.6) is 0 Å². The van der Waals surface area contributed by atoms with Crippen molar-refractivity contribution < 1.29 is 0 Å². The zero-order valence-corrected chi connectivity index (χ0v) is 10.8. The maximum atomic E-state index is 4.37. The molecule has 0 unspecified atom stereocenters. The summed E-state index contributed by atoms with van der Waals surface area (Å²) in [6, 6.07) is 10.8. The van der Waals surface area contributed by atoms with Gasteiger partial charge in [-0.15, -0.1) is 0 Å². The van der Waals surface area contributed by atoms with Crippen LogP contribution < -0.4 is 0 Å². The van der Waals surface area contributed by atoms with Crippen LogP contribution in [0, 0.1) is 6.92 Å². The lowest BCUT2D eigenvalue weighted by molar-refractivity contribution is 0.656. The third kappa shape index (κ3) is 1.82. The molecule has 0 aliphatic heterocycles. The molecule has 0 spiro atoms. The zero-order valence-electron chi connectivity index (χ0n) is 10.8. The summed E-state index contributed by atoms with van der Waals surface area (Å²) in [6.07, 6.45) is 4.81. The van der Waals surface area contributed by atoms with E-state index >= 15 is 0 Å². The molecule has 0 saturated heterocycles. The second-order valence-electron chi connectivity index (χ2n) is 4.70. The Kier molecular flexibility index (Phi) is 2.67. The number of imidazole rings is 1. The van der Waals surface area contributed by atoms with E-state index in [4.69, 9.17) is 0 Å². The molecule has 18 heavy (non-hydrogen) atoms. The molecule has 3 heteroatoms. The van der Waals surface area contributed by atoms with Crippen molar-refractivity contribution in [1.29, 1.82) is 0 Å². The molecule has 1 aromatic carbocycles. The quantitative estimate of drug-likeness (QED) is 0.689. The number of hydrogen-bond donors (Lipinski definition) is 0. The topological polar surface area (TPSA) is 22.8 Å². The average Bonchev–Trinajstić information content (AvgIpc) is 2.90. The highest BCUT2D eigenvalue weighted by Crippen LogP contribution is 2.19. The summed E-state index contributed by atoms with van der Waals surface area (Å²) in [7, 11) is 2.04. The van der Waals surface area contributed by atoms with E-state index in [1.807, 2.05) is 19.4 Å². The lowest BCUT2D eigenvalue weighted by Gasteiger charge is -2.08. The fourth-order valence-corrected chi connectivity index (χ4v) is 2.49. The number of rotatable bonds is 3. The minimum absolute atomic E-state index is 0.961. The normalized spacial score (nSPS) is 11.2. The Labute approximate surface area is 107 Å². The molecule has 3 nitrogen and oxygen atoms in total. The number of fused-ring (bicyclic) bond motifs is 1. The Hall–Kier alpha value is -2.03. The fraction of sp³-hybridized carbons (Fsp3) is 0.267. The standard InChI is InChI=1S/C15H17N3/c1-12-11-13-5-3-4-6-14(13)18(12)9-7-15-16-8-10-17(15)2/h3-6,8,10-11H,7,9H2,1-2H3. The first-order chi connectivity index (χ1) is 8.75. The van der Waals surface area contributed by atoms with Gasteiger partial charge in [-0.2, -0.15) is 0 Å². The highest BCUT2D eigenvalue weighted by atomic mass is 15.0. The minimum Gasteiger partial charge on any atom is -0.344 e. The maximum absolute atomic E-state index is 4.37. The lowest BCUT2D eigenvalue weighted by Crippen LogP contribution is -2.06. The first kappa shape index (κ1) is 11.1. The van der Waals surface area contributed by atoms with Crippen molar-refractivity contribution in [2.75, 3.05) is 0 Å². The monoisotopic (exact) mass is 239 g/mol. The highest BCUT2D eigenvalue weighted by molar-refractivity contribution is 5.81. The predicted octanol–water partition coefficient (Wildman–Crippen LogP) is 2.93. The SMILES string of the molecule is Cc1cc2ccccc2n1CCc1nccn1C. The van der Waals surface area contributed by atoms with Crippen molar-refractivity contribution in [3.8, 4) is 0 Å². The van der Waals surface area contributed by atoms with Crippen LogP contribution in [0.2, 0.25) is 0 Å². The van der Waals surface area contributed by atoms with Crippen molar-refractivity contribution in [2.45, 2.75) is 19.9 Å². The van der Waals surface area contributed by atoms with Gasteiger partial charge in [0.1, 0.15) is 5.82 Å². The van der Waals surface area contributed by atoms with Crippen LogP contribution in [-0.2, 0) is 20.0 Å². The van der Waals surface area contributed by atoms with Crippen molar-refractivity contribution in [2.24, 2.45) is 7.05 Å². The molecule has 3 aromatic rings. The van der Waals surface area contributed by atoms with Crippen LogP contribution in [0.1, 0.15) is 11.5 Å². The Bertz CT molecular complexity index is 676. The molecular weight excluding hydrogens is 222 g/mol. The molecule has 0 radical (unpaired) electrons. The molecule has 0 bridgehead atoms. The first-order valence-electron chi connectivity index (χ1n) is 6.27. The molecular formula is C15H17N3. The van der Waals surface area contributed by atoms with E-state index in [9.17, 15) is 0 Å². The van der Waals surface area contributed by atoms with Gasteiger partial charge in [-0.3, -0.25) is 0 Å². The number of benzene rings is 1. The van der Waals surface area contributed by atoms with E-state index in [0.717, 1.165) is 18.8 Å². The molecule has 0 atom stereocenters. The number of hydrogen-bond acceptors (Lipinski definition) is 1. The Balaban J connectivity index is 1.91. The van der Waals surface area contributed by atoms with Crippen LogP contribution in [-0.4, -0.2) is 14.1 Å². The molecule has 0 aliphatic carbocycles. The van der Waals surface area contributed by atoms with Gasteiger partial charge >= 0.3 is 0 Å². The molecule has 0 N–H and O–H groups in total. The van der Waals surface area contributed by atoms with E-state index in [2.05, 4.69) is 51.4 Å². The summed E-state index contributed by atoms with van der Waals surface area (Å²) in [4.78, 5) is 4.37. The van der Waals surface area contributed by atoms with Gasteiger partial charge in [-0.25, -0.2) is 4.98 Å². The molecule has 2 aromatic heterocycles. The minimum atomic E-state index is 0.961. The third-order valence-corrected chi connectivity index (χ3v) is 3.50. The third-order valence-electron chi connectivity index (χ3n) is 3.50. The van der Waals surface area contributed by atoms with E-state index < -0.39 is 0 Å². The number of nitrogens with zero attached hydrogens (tertiary/aromatic N) is 3. The molecule has 3 rings (SSSR count). The largest absolute Gasteiger partial charge is 0.344 e. The van der Waals surface area contributed by atoms with E-state index in [-0.39, 0.29) is 0 Å². The van der Waals surface area contributed by atoms with E-state index in [1.54, 1.807) is 0 Å². The number of aryl methyl sites for hydroxylation is 4. The second kappa shape index (κ2) is 4.33. The lowest BCUT2D eigenvalue weighted by atomic mass is 10.2. The van der Waals surface area contributed by atoms with E-state index in [0.29, 0.717) is 0 Å². The van der Waals surface area contributed by atoms with E-state index in [1.165, 1.54) is 16.6 Å². The van der Waals surface area contributed by atoms with Crippen molar-refractivity contribution in [3.05, 3.63) is 54.2 Å². The van der Waals surface area contributed by atoms with Gasteiger partial charge < -0.3 is 9.13 Å². The Morgan fingerprint density at radius 3 is 2.83 bits per heavy atom. The van der Waals surface area contributed by atoms with Crippen molar-refractivity contribution >= 4 is 10.9 Å². The molecule has 2 heterocycles. The van der Waals surface area contributed by atoms with Gasteiger partial charge in [0.2, 0.25) is 0 Å². The summed E-state index contributed by atoms with van der Waals surface area (Å²) in [5.41, 5.74) is 2.62. The summed E-state index contributed by atoms with van der Waals surface area (Å²) < 4.78 is 4.45. The summed E-state index contributed by atoms with van der Waals surface area (Å²) in [5, 5.41) is 1.31. The fourth-order valence-electron chi connectivity index (χ4n) is 2.49. The van der Waals surface area contributed by atoms with Gasteiger partial charge in [0.15, 0.2) is 0 Å². The van der Waals surface area contributed by atoms with Crippen LogP contribution in [0.4, 0.5) is 0 Å². The van der Waals surface area contributed by atoms with Gasteiger partial charge in [-0.1, -0.05) is 18.2 Å². The van der Waals surface area contributed by atoms with Crippen LogP contribution >= 0.6 is 0 Å². The van der Waals surface area contributed by atoms with Gasteiger partial charge in [0, 0.05) is 43.6 Å². The average molecular weight is 239 g/mol. The second-order valence-corrected chi connectivity index (χ2v) is 4.70. The molecule has 0 fully saturated rings. The van der Waals surface area contributed by atoms with Crippen LogP contribution in [0.3, 0.4) is 0 Å². The Morgan fingerprint density at radius 1 is 1.22 bits per heavy atom. The molecule has 0 saturated carbocycles. The summed E-state index contributed by atoms with van der Waals surface area (Å²) in [6.45, 7) is 3.14. The first-order valence-corrected chi connectivity index (χ1v) is 6.27. The van der Waals surface area contributed by atoms with Crippen LogP contribution in [0.15, 0.2) is 42.7 Å². The van der Waals surface area contributed by atoms with Crippen molar-refractivity contribution in [3.63, 3.8) is 0 Å². The van der Waals surface area contributed by atoms with Gasteiger partial charge in [0.05, 0.1) is 0 Å². The molecule has 0 amide bonds. The Morgan fingerprint density at radius 2 is 2.06 bits per heavy atom. The molecule has 0 aliphatic rings. The smallest absolute Gasteiger partial charge is 0.110 e.